The zero-order chi connectivity index (χ0) is 13.8. The van der Waals surface area contributed by atoms with Crippen LogP contribution in [-0.4, -0.2) is 20.0 Å². The van der Waals surface area contributed by atoms with Crippen LogP contribution in [0, 0.1) is 0 Å². The van der Waals surface area contributed by atoms with Crippen molar-refractivity contribution in [3.63, 3.8) is 0 Å². The summed E-state index contributed by atoms with van der Waals surface area (Å²) in [5.74, 6) is -0.133. The molecule has 0 aliphatic rings. The van der Waals surface area contributed by atoms with Crippen molar-refractivity contribution in [2.45, 2.75) is 0 Å². The van der Waals surface area contributed by atoms with E-state index in [9.17, 15) is 4.79 Å². The Morgan fingerprint density at radius 2 is 1.79 bits per heavy atom. The summed E-state index contributed by atoms with van der Waals surface area (Å²) in [6.45, 7) is 0. The van der Waals surface area contributed by atoms with Crippen molar-refractivity contribution in [3.8, 4) is 0 Å². The molecule has 0 bridgehead atoms. The van der Waals surface area contributed by atoms with Crippen molar-refractivity contribution in [3.05, 3.63) is 59.1 Å². The molecular formula is C15H15ClN2O. The molecule has 2 rings (SSSR count). The molecular weight excluding hydrogens is 260 g/mol. The van der Waals surface area contributed by atoms with Gasteiger partial charge in [0.1, 0.15) is 0 Å². The maximum Gasteiger partial charge on any atom is 0.255 e. The highest BCUT2D eigenvalue weighted by molar-refractivity contribution is 6.30. The van der Waals surface area contributed by atoms with Gasteiger partial charge in [0.05, 0.1) is 0 Å². The number of benzene rings is 2. The van der Waals surface area contributed by atoms with Gasteiger partial charge in [0.25, 0.3) is 5.91 Å². The summed E-state index contributed by atoms with van der Waals surface area (Å²) >= 11 is 5.80. The summed E-state index contributed by atoms with van der Waals surface area (Å²) in [7, 11) is 3.88. The predicted octanol–water partition coefficient (Wildman–Crippen LogP) is 3.66. The van der Waals surface area contributed by atoms with E-state index in [1.165, 1.54) is 0 Å². The van der Waals surface area contributed by atoms with Crippen LogP contribution in [0.5, 0.6) is 0 Å². The third-order valence-corrected chi connectivity index (χ3v) is 2.98. The first-order valence-electron chi connectivity index (χ1n) is 5.90. The molecule has 0 aliphatic carbocycles. The molecule has 0 atom stereocenters. The lowest BCUT2D eigenvalue weighted by Crippen LogP contribution is -2.14. The molecule has 0 heterocycles. The van der Waals surface area contributed by atoms with Crippen molar-refractivity contribution >= 4 is 28.9 Å². The lowest BCUT2D eigenvalue weighted by atomic mass is 10.1. The SMILES string of the molecule is CN(C)c1cccc(C(=O)Nc2ccc(Cl)cc2)c1. The highest BCUT2D eigenvalue weighted by Crippen LogP contribution is 2.17. The van der Waals surface area contributed by atoms with Crippen LogP contribution in [0.2, 0.25) is 5.02 Å². The van der Waals surface area contributed by atoms with Crippen molar-refractivity contribution in [2.24, 2.45) is 0 Å². The average Bonchev–Trinajstić information content (AvgIpc) is 2.41. The van der Waals surface area contributed by atoms with Gasteiger partial charge in [0.2, 0.25) is 0 Å². The number of carbonyl (C=O) groups excluding carboxylic acids is 1. The van der Waals surface area contributed by atoms with Crippen LogP contribution in [0.15, 0.2) is 48.5 Å². The molecule has 4 heteroatoms. The van der Waals surface area contributed by atoms with Gasteiger partial charge in [-0.15, -0.1) is 0 Å². The van der Waals surface area contributed by atoms with E-state index < -0.39 is 0 Å². The minimum Gasteiger partial charge on any atom is -0.378 e. The van der Waals surface area contributed by atoms with E-state index in [-0.39, 0.29) is 5.91 Å². The lowest BCUT2D eigenvalue weighted by molar-refractivity contribution is 0.102. The van der Waals surface area contributed by atoms with Crippen molar-refractivity contribution in [1.29, 1.82) is 0 Å². The number of hydrogen-bond donors (Lipinski definition) is 1. The van der Waals surface area contributed by atoms with Gasteiger partial charge in [-0.05, 0) is 42.5 Å². The van der Waals surface area contributed by atoms with E-state index >= 15 is 0 Å². The van der Waals surface area contributed by atoms with Gasteiger partial charge in [-0.2, -0.15) is 0 Å². The Morgan fingerprint density at radius 1 is 1.11 bits per heavy atom. The molecule has 0 aromatic heterocycles. The molecule has 0 saturated carbocycles. The summed E-state index contributed by atoms with van der Waals surface area (Å²) in [5, 5.41) is 3.48. The zero-order valence-electron chi connectivity index (χ0n) is 10.9. The molecule has 1 amide bonds. The van der Waals surface area contributed by atoms with Crippen LogP contribution < -0.4 is 10.2 Å². The van der Waals surface area contributed by atoms with Crippen molar-refractivity contribution in [1.82, 2.24) is 0 Å². The fourth-order valence-electron chi connectivity index (χ4n) is 1.66. The molecule has 0 unspecified atom stereocenters. The minimum absolute atomic E-state index is 0.133. The first-order chi connectivity index (χ1) is 9.06. The predicted molar refractivity (Wildman–Crippen MR) is 80.2 cm³/mol. The Kier molecular flexibility index (Phi) is 4.07. The molecule has 0 saturated heterocycles. The number of rotatable bonds is 3. The molecule has 2 aromatic carbocycles. The number of carbonyl (C=O) groups is 1. The van der Waals surface area contributed by atoms with Gasteiger partial charge in [-0.3, -0.25) is 4.79 Å². The Hall–Kier alpha value is -2.00. The molecule has 0 spiro atoms. The van der Waals surface area contributed by atoms with E-state index in [1.807, 2.05) is 37.2 Å². The third kappa shape index (κ3) is 3.48. The van der Waals surface area contributed by atoms with Crippen molar-refractivity contribution < 1.29 is 4.79 Å². The smallest absolute Gasteiger partial charge is 0.255 e. The fraction of sp³-hybridized carbons (Fsp3) is 0.133. The molecule has 1 N–H and O–H groups in total. The number of nitrogens with one attached hydrogen (secondary N) is 1. The Balaban J connectivity index is 2.15. The van der Waals surface area contributed by atoms with Crippen LogP contribution in [-0.2, 0) is 0 Å². The maximum atomic E-state index is 12.1. The Labute approximate surface area is 117 Å². The summed E-state index contributed by atoms with van der Waals surface area (Å²) in [6, 6.07) is 14.5. The van der Waals surface area contributed by atoms with Gasteiger partial charge in [-0.25, -0.2) is 0 Å². The van der Waals surface area contributed by atoms with Crippen LogP contribution in [0.1, 0.15) is 10.4 Å². The van der Waals surface area contributed by atoms with Gasteiger partial charge in [-0.1, -0.05) is 17.7 Å². The molecule has 19 heavy (non-hydrogen) atoms. The number of amides is 1. The van der Waals surface area contributed by atoms with Crippen LogP contribution in [0.25, 0.3) is 0 Å². The van der Waals surface area contributed by atoms with E-state index in [1.54, 1.807) is 30.3 Å². The quantitative estimate of drug-likeness (QED) is 0.926. The van der Waals surface area contributed by atoms with E-state index in [0.717, 1.165) is 11.4 Å². The topological polar surface area (TPSA) is 32.3 Å². The largest absolute Gasteiger partial charge is 0.378 e. The molecule has 3 nitrogen and oxygen atoms in total. The van der Waals surface area contributed by atoms with Crippen LogP contribution in [0.3, 0.4) is 0 Å². The minimum atomic E-state index is -0.133. The van der Waals surface area contributed by atoms with E-state index in [2.05, 4.69) is 5.32 Å². The van der Waals surface area contributed by atoms with Crippen molar-refractivity contribution in [2.75, 3.05) is 24.3 Å². The summed E-state index contributed by atoms with van der Waals surface area (Å²) < 4.78 is 0. The van der Waals surface area contributed by atoms with Crippen LogP contribution >= 0.6 is 11.6 Å². The van der Waals surface area contributed by atoms with E-state index in [0.29, 0.717) is 10.6 Å². The highest BCUT2D eigenvalue weighted by Gasteiger charge is 2.07. The zero-order valence-corrected chi connectivity index (χ0v) is 11.6. The Morgan fingerprint density at radius 3 is 2.42 bits per heavy atom. The summed E-state index contributed by atoms with van der Waals surface area (Å²) in [6.07, 6.45) is 0. The molecule has 0 fully saturated rings. The summed E-state index contributed by atoms with van der Waals surface area (Å²) in [5.41, 5.74) is 2.34. The highest BCUT2D eigenvalue weighted by atomic mass is 35.5. The second-order valence-electron chi connectivity index (χ2n) is 4.41. The second-order valence-corrected chi connectivity index (χ2v) is 4.84. The molecule has 0 aliphatic heterocycles. The average molecular weight is 275 g/mol. The van der Waals surface area contributed by atoms with Gasteiger partial charge >= 0.3 is 0 Å². The number of anilines is 2. The first-order valence-corrected chi connectivity index (χ1v) is 6.28. The molecule has 98 valence electrons. The normalized spacial score (nSPS) is 10.1. The van der Waals surface area contributed by atoms with Gasteiger partial charge < -0.3 is 10.2 Å². The van der Waals surface area contributed by atoms with E-state index in [4.69, 9.17) is 11.6 Å². The fourth-order valence-corrected chi connectivity index (χ4v) is 1.79. The third-order valence-electron chi connectivity index (χ3n) is 2.73. The first kappa shape index (κ1) is 13.4. The monoisotopic (exact) mass is 274 g/mol. The number of hydrogen-bond acceptors (Lipinski definition) is 2. The summed E-state index contributed by atoms with van der Waals surface area (Å²) in [4.78, 5) is 14.1. The second kappa shape index (κ2) is 5.76. The number of halogens is 1. The number of nitrogens with zero attached hydrogens (tertiary/aromatic N) is 1. The maximum absolute atomic E-state index is 12.1. The standard InChI is InChI=1S/C15H15ClN2O/c1-18(2)14-5-3-4-11(10-14)15(19)17-13-8-6-12(16)7-9-13/h3-10H,1-2H3,(H,17,19). The van der Waals surface area contributed by atoms with Crippen LogP contribution in [0.4, 0.5) is 11.4 Å². The van der Waals surface area contributed by atoms with Gasteiger partial charge in [0.15, 0.2) is 0 Å². The van der Waals surface area contributed by atoms with Gasteiger partial charge in [0, 0.05) is 36.1 Å². The Bertz CT molecular complexity index is 579. The molecule has 0 radical (unpaired) electrons. The lowest BCUT2D eigenvalue weighted by Gasteiger charge is -2.13. The molecule has 2 aromatic rings.